The van der Waals surface area contributed by atoms with Crippen LogP contribution >= 0.6 is 11.8 Å². The average Bonchev–Trinajstić information content (AvgIpc) is 3.25. The summed E-state index contributed by atoms with van der Waals surface area (Å²) in [6.07, 6.45) is 16.6. The standard InChI is InChI=1S/C23H34N6S/c1-18(2)7-5-8-19(3)9-6-10-20(4)12-14-30-16-22(21-15-26-29-28-21)27-23-11-13-24-17-25-23/h7,9,11-13,15,17,22H,5-6,8,10,14,16H2,1-4H3,(H,24,25,27)(H,26,28,29)/b19-9+,20-12+. The fourth-order valence-electron chi connectivity index (χ4n) is 2.86. The molecule has 2 aromatic heterocycles. The second-order valence-electron chi connectivity index (χ2n) is 7.68. The Kier molecular flexibility index (Phi) is 10.9. The zero-order chi connectivity index (χ0) is 21.6. The quantitative estimate of drug-likeness (QED) is 0.307. The third-order valence-electron chi connectivity index (χ3n) is 4.65. The van der Waals surface area contributed by atoms with Gasteiger partial charge in [0.2, 0.25) is 0 Å². The monoisotopic (exact) mass is 426 g/mol. The van der Waals surface area contributed by atoms with Crippen LogP contribution in [0.5, 0.6) is 0 Å². The van der Waals surface area contributed by atoms with Gasteiger partial charge in [-0.2, -0.15) is 27.2 Å². The molecule has 1 atom stereocenters. The first kappa shape index (κ1) is 23.9. The van der Waals surface area contributed by atoms with E-state index in [0.717, 1.165) is 48.7 Å². The highest BCUT2D eigenvalue weighted by Gasteiger charge is 2.14. The van der Waals surface area contributed by atoms with Crippen molar-refractivity contribution in [3.63, 3.8) is 0 Å². The summed E-state index contributed by atoms with van der Waals surface area (Å²) in [4.78, 5) is 8.21. The van der Waals surface area contributed by atoms with Gasteiger partial charge in [0.15, 0.2) is 0 Å². The Hall–Kier alpha value is -2.41. The summed E-state index contributed by atoms with van der Waals surface area (Å²) in [5.74, 6) is 2.65. The maximum absolute atomic E-state index is 4.25. The van der Waals surface area contributed by atoms with Crippen LogP contribution in [0.3, 0.4) is 0 Å². The van der Waals surface area contributed by atoms with E-state index < -0.39 is 0 Å². The minimum atomic E-state index is 0.0451. The lowest BCUT2D eigenvalue weighted by molar-refractivity contribution is 0.820. The molecule has 0 saturated carbocycles. The summed E-state index contributed by atoms with van der Waals surface area (Å²) in [5, 5.41) is 14.3. The smallest absolute Gasteiger partial charge is 0.129 e. The molecule has 0 spiro atoms. The third kappa shape index (κ3) is 9.87. The predicted molar refractivity (Wildman–Crippen MR) is 128 cm³/mol. The number of nitrogens with one attached hydrogen (secondary N) is 2. The van der Waals surface area contributed by atoms with Crippen LogP contribution in [0.1, 0.15) is 65.1 Å². The zero-order valence-electron chi connectivity index (χ0n) is 18.6. The molecule has 0 fully saturated rings. The lowest BCUT2D eigenvalue weighted by Crippen LogP contribution is -2.15. The molecular formula is C23H34N6S. The van der Waals surface area contributed by atoms with Crippen LogP contribution in [0.15, 0.2) is 59.7 Å². The molecule has 0 aliphatic rings. The molecule has 6 nitrogen and oxygen atoms in total. The first-order valence-corrected chi connectivity index (χ1v) is 11.6. The topological polar surface area (TPSA) is 79.4 Å². The molecule has 1 unspecified atom stereocenters. The fraction of sp³-hybridized carbons (Fsp3) is 0.478. The number of rotatable bonds is 13. The summed E-state index contributed by atoms with van der Waals surface area (Å²) < 4.78 is 0. The van der Waals surface area contributed by atoms with E-state index in [4.69, 9.17) is 0 Å². The molecule has 162 valence electrons. The van der Waals surface area contributed by atoms with Gasteiger partial charge in [-0.3, -0.25) is 0 Å². The molecule has 0 bridgehead atoms. The number of aromatic nitrogens is 5. The van der Waals surface area contributed by atoms with Crippen LogP contribution < -0.4 is 5.32 Å². The van der Waals surface area contributed by atoms with Crippen LogP contribution in [-0.2, 0) is 0 Å². The highest BCUT2D eigenvalue weighted by Crippen LogP contribution is 2.21. The number of hydrogen-bond donors (Lipinski definition) is 2. The second kappa shape index (κ2) is 13.7. The minimum absolute atomic E-state index is 0.0451. The van der Waals surface area contributed by atoms with Gasteiger partial charge in [0.05, 0.1) is 12.2 Å². The van der Waals surface area contributed by atoms with Gasteiger partial charge in [-0.15, -0.1) is 0 Å². The molecule has 7 heteroatoms. The highest BCUT2D eigenvalue weighted by atomic mass is 32.2. The first-order chi connectivity index (χ1) is 14.5. The largest absolute Gasteiger partial charge is 0.361 e. The van der Waals surface area contributed by atoms with Gasteiger partial charge in [0, 0.05) is 17.7 Å². The number of aromatic amines is 1. The third-order valence-corrected chi connectivity index (χ3v) is 5.62. The minimum Gasteiger partial charge on any atom is -0.361 e. The summed E-state index contributed by atoms with van der Waals surface area (Å²) in [5.41, 5.74) is 5.21. The van der Waals surface area contributed by atoms with Crippen molar-refractivity contribution in [2.45, 2.75) is 59.4 Å². The van der Waals surface area contributed by atoms with Crippen LogP contribution in [-0.4, -0.2) is 36.9 Å². The van der Waals surface area contributed by atoms with Gasteiger partial charge in [0.25, 0.3) is 0 Å². The Morgan fingerprint density at radius 2 is 1.87 bits per heavy atom. The first-order valence-electron chi connectivity index (χ1n) is 10.4. The van der Waals surface area contributed by atoms with Crippen LogP contribution in [0.4, 0.5) is 5.82 Å². The summed E-state index contributed by atoms with van der Waals surface area (Å²) in [6.45, 7) is 8.78. The number of H-pyrrole nitrogens is 1. The lowest BCUT2D eigenvalue weighted by atomic mass is 10.1. The van der Waals surface area contributed by atoms with Crippen molar-refractivity contribution in [2.75, 3.05) is 16.8 Å². The van der Waals surface area contributed by atoms with Crippen molar-refractivity contribution in [1.29, 1.82) is 0 Å². The molecule has 2 heterocycles. The molecule has 0 saturated heterocycles. The number of allylic oxidation sites excluding steroid dienone is 5. The molecule has 0 aliphatic carbocycles. The highest BCUT2D eigenvalue weighted by molar-refractivity contribution is 7.99. The van der Waals surface area contributed by atoms with Crippen LogP contribution in [0, 0.1) is 0 Å². The molecule has 0 aromatic carbocycles. The maximum Gasteiger partial charge on any atom is 0.129 e. The number of thioether (sulfide) groups is 1. The Bertz CT molecular complexity index is 807. The molecule has 2 rings (SSSR count). The number of hydrogen-bond acceptors (Lipinski definition) is 6. The van der Waals surface area contributed by atoms with Gasteiger partial charge >= 0.3 is 0 Å². The van der Waals surface area contributed by atoms with Crippen molar-refractivity contribution in [3.05, 3.63) is 65.4 Å². The molecule has 0 radical (unpaired) electrons. The van der Waals surface area contributed by atoms with Crippen molar-refractivity contribution >= 4 is 17.6 Å². The summed E-state index contributed by atoms with van der Waals surface area (Å²) in [6, 6.07) is 1.90. The molecule has 30 heavy (non-hydrogen) atoms. The molecule has 2 N–H and O–H groups in total. The van der Waals surface area contributed by atoms with E-state index in [0.29, 0.717) is 0 Å². The maximum atomic E-state index is 4.25. The fourth-order valence-corrected chi connectivity index (χ4v) is 3.89. The van der Waals surface area contributed by atoms with Crippen molar-refractivity contribution < 1.29 is 0 Å². The normalized spacial score (nSPS) is 13.2. The summed E-state index contributed by atoms with van der Waals surface area (Å²) in [7, 11) is 0. The van der Waals surface area contributed by atoms with Crippen molar-refractivity contribution in [3.8, 4) is 0 Å². The Balaban J connectivity index is 1.74. The SMILES string of the molecule is CC(C)=CCC/C(C)=C/CC/C(C)=C/CSCC(Nc1ccncn1)c1cn[nH]n1. The van der Waals surface area contributed by atoms with E-state index in [1.807, 2.05) is 17.8 Å². The Morgan fingerprint density at radius 1 is 1.10 bits per heavy atom. The second-order valence-corrected chi connectivity index (χ2v) is 8.76. The van der Waals surface area contributed by atoms with E-state index in [9.17, 15) is 0 Å². The number of nitrogens with zero attached hydrogens (tertiary/aromatic N) is 4. The van der Waals surface area contributed by atoms with Gasteiger partial charge in [-0.25, -0.2) is 9.97 Å². The Morgan fingerprint density at radius 3 is 2.53 bits per heavy atom. The van der Waals surface area contributed by atoms with Crippen molar-refractivity contribution in [2.24, 2.45) is 0 Å². The van der Waals surface area contributed by atoms with Crippen molar-refractivity contribution in [1.82, 2.24) is 25.4 Å². The molecule has 0 aliphatic heterocycles. The van der Waals surface area contributed by atoms with Gasteiger partial charge < -0.3 is 5.32 Å². The van der Waals surface area contributed by atoms with Crippen LogP contribution in [0.25, 0.3) is 0 Å². The van der Waals surface area contributed by atoms with E-state index in [2.05, 4.69) is 76.6 Å². The molecule has 2 aromatic rings. The zero-order valence-corrected chi connectivity index (χ0v) is 19.4. The van der Waals surface area contributed by atoms with Gasteiger partial charge in [0.1, 0.15) is 17.8 Å². The average molecular weight is 427 g/mol. The molecule has 0 amide bonds. The van der Waals surface area contributed by atoms with E-state index in [1.165, 1.54) is 16.7 Å². The van der Waals surface area contributed by atoms with E-state index in [-0.39, 0.29) is 6.04 Å². The predicted octanol–water partition coefficient (Wildman–Crippen LogP) is 5.90. The molecular weight excluding hydrogens is 392 g/mol. The van der Waals surface area contributed by atoms with Gasteiger partial charge in [-0.1, -0.05) is 34.9 Å². The Labute approximate surface area is 184 Å². The lowest BCUT2D eigenvalue weighted by Gasteiger charge is -2.16. The summed E-state index contributed by atoms with van der Waals surface area (Å²) >= 11 is 1.87. The van der Waals surface area contributed by atoms with E-state index in [1.54, 1.807) is 18.7 Å². The van der Waals surface area contributed by atoms with E-state index >= 15 is 0 Å². The van der Waals surface area contributed by atoms with Gasteiger partial charge in [-0.05, 0) is 59.4 Å². The van der Waals surface area contributed by atoms with Crippen LogP contribution in [0.2, 0.25) is 0 Å². The number of anilines is 1.